The second-order valence-electron chi connectivity index (χ2n) is 6.18. The Labute approximate surface area is 200 Å². The van der Waals surface area contributed by atoms with Crippen molar-refractivity contribution in [1.29, 1.82) is 0 Å². The quantitative estimate of drug-likeness (QED) is 0.265. The SMILES string of the molecule is COc1cc(/C=C(\Sc2n[nH]c(C)n2)C(=O)O)cc(Br)c1OCc1ccc(Cl)cc1Cl. The highest BCUT2D eigenvalue weighted by Gasteiger charge is 2.16. The number of aliphatic carboxylic acids is 1. The first-order valence-electron chi connectivity index (χ1n) is 8.73. The molecular formula is C20H16BrCl2N3O4S. The summed E-state index contributed by atoms with van der Waals surface area (Å²) in [6, 6.07) is 8.56. The van der Waals surface area contributed by atoms with E-state index >= 15 is 0 Å². The number of aryl methyl sites for hydroxylation is 1. The van der Waals surface area contributed by atoms with E-state index in [9.17, 15) is 9.90 Å². The van der Waals surface area contributed by atoms with E-state index in [4.69, 9.17) is 32.7 Å². The van der Waals surface area contributed by atoms with Crippen LogP contribution in [-0.2, 0) is 11.4 Å². The molecule has 0 bridgehead atoms. The van der Waals surface area contributed by atoms with Crippen LogP contribution in [0.1, 0.15) is 17.0 Å². The highest BCUT2D eigenvalue weighted by atomic mass is 79.9. The number of halogens is 3. The van der Waals surface area contributed by atoms with Crippen LogP contribution in [0, 0.1) is 6.92 Å². The molecule has 3 aromatic rings. The average Bonchev–Trinajstić information content (AvgIpc) is 3.12. The predicted octanol–water partition coefficient (Wildman–Crippen LogP) is 5.99. The van der Waals surface area contributed by atoms with Crippen LogP contribution < -0.4 is 9.47 Å². The standard InChI is InChI=1S/C20H16BrCl2N3O4S/c1-10-24-20(26-25-10)31-17(19(27)28)7-11-5-14(21)18(16(6-11)29-2)30-9-12-3-4-13(22)8-15(12)23/h3-8H,9H2,1-2H3,(H,27,28)(H,24,25,26)/b17-7-. The number of aromatic amines is 1. The molecule has 0 amide bonds. The van der Waals surface area contributed by atoms with Gasteiger partial charge in [-0.3, -0.25) is 5.10 Å². The second-order valence-corrected chi connectivity index (χ2v) is 8.88. The van der Waals surface area contributed by atoms with Crippen molar-refractivity contribution in [2.24, 2.45) is 0 Å². The Hall–Kier alpha value is -2.20. The number of carbonyl (C=O) groups is 1. The molecule has 0 atom stereocenters. The molecule has 0 spiro atoms. The first kappa shape index (κ1) is 23.5. The number of thioether (sulfide) groups is 1. The Bertz CT molecular complexity index is 1150. The molecule has 0 aliphatic heterocycles. The van der Waals surface area contributed by atoms with Gasteiger partial charge in [0, 0.05) is 15.6 Å². The van der Waals surface area contributed by atoms with Gasteiger partial charge in [0.25, 0.3) is 0 Å². The van der Waals surface area contributed by atoms with Gasteiger partial charge in [0.15, 0.2) is 11.5 Å². The number of rotatable bonds is 8. The van der Waals surface area contributed by atoms with Crippen LogP contribution in [0.15, 0.2) is 44.9 Å². The van der Waals surface area contributed by atoms with E-state index < -0.39 is 5.97 Å². The Morgan fingerprint density at radius 3 is 2.71 bits per heavy atom. The lowest BCUT2D eigenvalue weighted by molar-refractivity contribution is -0.131. The van der Waals surface area contributed by atoms with Gasteiger partial charge in [-0.15, -0.1) is 5.10 Å². The Morgan fingerprint density at radius 1 is 1.32 bits per heavy atom. The zero-order valence-corrected chi connectivity index (χ0v) is 20.2. The summed E-state index contributed by atoms with van der Waals surface area (Å²) >= 11 is 16.5. The van der Waals surface area contributed by atoms with Crippen LogP contribution in [0.25, 0.3) is 6.08 Å². The largest absolute Gasteiger partial charge is 0.493 e. The number of H-pyrrole nitrogens is 1. The molecule has 3 rings (SSSR count). The summed E-state index contributed by atoms with van der Waals surface area (Å²) in [4.78, 5) is 15.9. The summed E-state index contributed by atoms with van der Waals surface area (Å²) in [6.07, 6.45) is 1.51. The molecule has 2 aromatic carbocycles. The third kappa shape index (κ3) is 6.16. The molecule has 2 N–H and O–H groups in total. The number of carboxylic acids is 1. The Balaban J connectivity index is 1.86. The van der Waals surface area contributed by atoms with E-state index in [0.717, 1.165) is 17.3 Å². The molecule has 0 saturated heterocycles. The maximum absolute atomic E-state index is 11.7. The maximum atomic E-state index is 11.7. The zero-order valence-electron chi connectivity index (χ0n) is 16.3. The van der Waals surface area contributed by atoms with E-state index in [-0.39, 0.29) is 11.5 Å². The minimum absolute atomic E-state index is 0.0505. The summed E-state index contributed by atoms with van der Waals surface area (Å²) in [7, 11) is 1.50. The number of aromatic nitrogens is 3. The van der Waals surface area contributed by atoms with Crippen molar-refractivity contribution in [3.05, 3.63) is 66.7 Å². The first-order valence-corrected chi connectivity index (χ1v) is 11.1. The van der Waals surface area contributed by atoms with E-state index in [2.05, 4.69) is 31.1 Å². The number of hydrogen-bond donors (Lipinski definition) is 2. The van der Waals surface area contributed by atoms with Gasteiger partial charge in [0.05, 0.1) is 11.6 Å². The number of nitrogens with zero attached hydrogens (tertiary/aromatic N) is 2. The third-order valence-electron chi connectivity index (χ3n) is 3.93. The smallest absolute Gasteiger partial charge is 0.342 e. The van der Waals surface area contributed by atoms with Gasteiger partial charge in [-0.2, -0.15) is 0 Å². The van der Waals surface area contributed by atoms with Gasteiger partial charge in [-0.1, -0.05) is 29.3 Å². The molecule has 0 fully saturated rings. The molecule has 11 heteroatoms. The maximum Gasteiger partial charge on any atom is 0.342 e. The van der Waals surface area contributed by atoms with E-state index in [1.54, 1.807) is 37.3 Å². The Morgan fingerprint density at radius 2 is 2.10 bits per heavy atom. The highest BCUT2D eigenvalue weighted by Crippen LogP contribution is 2.39. The fourth-order valence-electron chi connectivity index (χ4n) is 2.50. The topological polar surface area (TPSA) is 97.3 Å². The van der Waals surface area contributed by atoms with Crippen LogP contribution >= 0.6 is 50.9 Å². The van der Waals surface area contributed by atoms with Crippen molar-refractivity contribution in [3.8, 4) is 11.5 Å². The number of benzene rings is 2. The van der Waals surface area contributed by atoms with E-state index in [0.29, 0.717) is 42.6 Å². The molecule has 31 heavy (non-hydrogen) atoms. The van der Waals surface area contributed by atoms with Crippen molar-refractivity contribution < 1.29 is 19.4 Å². The average molecular weight is 545 g/mol. The van der Waals surface area contributed by atoms with Gasteiger partial charge < -0.3 is 14.6 Å². The predicted molar refractivity (Wildman–Crippen MR) is 124 cm³/mol. The minimum atomic E-state index is -1.10. The van der Waals surface area contributed by atoms with Crippen LogP contribution in [0.4, 0.5) is 0 Å². The summed E-state index contributed by atoms with van der Waals surface area (Å²) in [5, 5.41) is 17.6. The van der Waals surface area contributed by atoms with E-state index in [1.807, 2.05) is 0 Å². The molecular weight excluding hydrogens is 529 g/mol. The number of ether oxygens (including phenoxy) is 2. The van der Waals surface area contributed by atoms with Gasteiger partial charge in [0.2, 0.25) is 5.16 Å². The molecule has 0 unspecified atom stereocenters. The third-order valence-corrected chi connectivity index (χ3v) is 5.98. The van der Waals surface area contributed by atoms with Crippen molar-refractivity contribution in [1.82, 2.24) is 15.2 Å². The summed E-state index contributed by atoms with van der Waals surface area (Å²) in [5.74, 6) is 0.383. The lowest BCUT2D eigenvalue weighted by Crippen LogP contribution is -2.00. The number of hydrogen-bond acceptors (Lipinski definition) is 6. The molecule has 1 heterocycles. The summed E-state index contributed by atoms with van der Waals surface area (Å²) in [5.41, 5.74) is 1.35. The van der Waals surface area contributed by atoms with Gasteiger partial charge >= 0.3 is 5.97 Å². The molecule has 1 aromatic heterocycles. The molecule has 0 saturated carbocycles. The van der Waals surface area contributed by atoms with Crippen molar-refractivity contribution >= 4 is 62.9 Å². The van der Waals surface area contributed by atoms with Crippen molar-refractivity contribution in [2.45, 2.75) is 18.7 Å². The number of methoxy groups -OCH3 is 1. The first-order chi connectivity index (χ1) is 14.8. The van der Waals surface area contributed by atoms with Gasteiger partial charge in [0.1, 0.15) is 17.3 Å². The molecule has 0 aliphatic carbocycles. The lowest BCUT2D eigenvalue weighted by atomic mass is 10.2. The Kier molecular flexibility index (Phi) is 7.88. The fourth-order valence-corrected chi connectivity index (χ4v) is 4.29. The van der Waals surface area contributed by atoms with Gasteiger partial charge in [-0.25, -0.2) is 9.78 Å². The van der Waals surface area contributed by atoms with Crippen molar-refractivity contribution in [2.75, 3.05) is 7.11 Å². The molecule has 0 aliphatic rings. The minimum Gasteiger partial charge on any atom is -0.493 e. The van der Waals surface area contributed by atoms with Crippen molar-refractivity contribution in [3.63, 3.8) is 0 Å². The normalized spacial score (nSPS) is 11.5. The molecule has 162 valence electrons. The number of nitrogens with one attached hydrogen (secondary N) is 1. The van der Waals surface area contributed by atoms with Crippen LogP contribution in [0.2, 0.25) is 10.0 Å². The number of carboxylic acid groups (broad SMARTS) is 1. The molecule has 7 nitrogen and oxygen atoms in total. The zero-order chi connectivity index (χ0) is 22.5. The summed E-state index contributed by atoms with van der Waals surface area (Å²) < 4.78 is 11.9. The van der Waals surface area contributed by atoms with Crippen LogP contribution in [0.5, 0.6) is 11.5 Å². The van der Waals surface area contributed by atoms with Crippen LogP contribution in [-0.4, -0.2) is 33.4 Å². The fraction of sp³-hybridized carbons (Fsp3) is 0.150. The monoisotopic (exact) mass is 543 g/mol. The second kappa shape index (κ2) is 10.4. The molecule has 0 radical (unpaired) electrons. The van der Waals surface area contributed by atoms with Gasteiger partial charge in [-0.05, 0) is 70.5 Å². The van der Waals surface area contributed by atoms with Crippen LogP contribution in [0.3, 0.4) is 0 Å². The lowest BCUT2D eigenvalue weighted by Gasteiger charge is -2.14. The highest BCUT2D eigenvalue weighted by molar-refractivity contribution is 9.10. The van der Waals surface area contributed by atoms with E-state index in [1.165, 1.54) is 13.2 Å². The summed E-state index contributed by atoms with van der Waals surface area (Å²) in [6.45, 7) is 1.93.